The van der Waals surface area contributed by atoms with E-state index in [1.807, 2.05) is 24.3 Å². The third-order valence-electron chi connectivity index (χ3n) is 11.6. The number of ether oxygens (including phenoxy) is 5. The molecule has 12 nitrogen and oxygen atoms in total. The number of aliphatic hydroxyl groups excluding tert-OH is 2. The minimum Gasteiger partial charge on any atom is -0.459 e. The molecular weight excluding hydrogens is 728 g/mol. The molecule has 0 bridgehead atoms. The highest BCUT2D eigenvalue weighted by Gasteiger charge is 2.65. The summed E-state index contributed by atoms with van der Waals surface area (Å²) in [5.74, 6) is -0.315. The van der Waals surface area contributed by atoms with E-state index in [4.69, 9.17) is 33.7 Å². The molecule has 2 aliphatic heterocycles. The molecule has 2 aliphatic carbocycles. The summed E-state index contributed by atoms with van der Waals surface area (Å²) in [5, 5.41) is 24.6. The Bertz CT molecular complexity index is 1750. The molecular formula is C45H58N2O10. The van der Waals surface area contributed by atoms with E-state index in [-0.39, 0.29) is 50.6 Å². The van der Waals surface area contributed by atoms with E-state index in [9.17, 15) is 19.8 Å². The summed E-state index contributed by atoms with van der Waals surface area (Å²) in [7, 11) is 1.70. The molecule has 2 aromatic rings. The first-order valence-corrected chi connectivity index (χ1v) is 20.5. The van der Waals surface area contributed by atoms with Crippen molar-refractivity contribution in [1.29, 1.82) is 0 Å². The number of carbonyl (C=O) groups excluding carboxylic acids is 2. The van der Waals surface area contributed by atoms with Crippen molar-refractivity contribution in [3.63, 3.8) is 0 Å². The molecule has 1 saturated heterocycles. The van der Waals surface area contributed by atoms with Gasteiger partial charge in [0, 0.05) is 50.1 Å². The Labute approximate surface area is 336 Å². The van der Waals surface area contributed by atoms with Crippen molar-refractivity contribution in [2.24, 2.45) is 22.9 Å². The molecule has 6 rings (SSSR count). The summed E-state index contributed by atoms with van der Waals surface area (Å²) in [6.45, 7) is 8.84. The van der Waals surface area contributed by atoms with E-state index in [1.54, 1.807) is 42.3 Å². The molecule has 1 amide bonds. The standard InChI is InChI=1S/C45H58N2O10/c1-4-6-24-53-44(51)47(3)40-29-38(46-57-41-18-9-12-25-52-41)36-27-32(15-7-10-21-48)35(17-8-11-22-49)42-37-28-34(55-33-16-13-14-31(26-33)30-50)19-20-39(37)56-45(40,43(36)42)54-23-5-2/h4-5,13-14,16,19-20,26-28,30,32,35,40-43,48-49H,1-2,6-12,15,17-18,21-25,29H2,3H3/t32-,35+,40-,41?,42+,43+,45+/m0/s1. The van der Waals surface area contributed by atoms with Crippen LogP contribution in [0.3, 0.4) is 0 Å². The Balaban J connectivity index is 1.54. The predicted octanol–water partition coefficient (Wildman–Crippen LogP) is 8.10. The number of amides is 1. The van der Waals surface area contributed by atoms with Crippen LogP contribution < -0.4 is 9.47 Å². The predicted molar refractivity (Wildman–Crippen MR) is 215 cm³/mol. The second-order valence-electron chi connectivity index (χ2n) is 15.3. The van der Waals surface area contributed by atoms with Crippen LogP contribution in [0.2, 0.25) is 0 Å². The number of rotatable bonds is 20. The number of hydrogen-bond acceptors (Lipinski definition) is 11. The molecule has 1 unspecified atom stereocenters. The second-order valence-corrected chi connectivity index (χ2v) is 15.3. The number of aldehydes is 1. The number of unbranched alkanes of at least 4 members (excludes halogenated alkanes) is 2. The van der Waals surface area contributed by atoms with Crippen molar-refractivity contribution in [3.8, 4) is 17.2 Å². The molecule has 1 saturated carbocycles. The van der Waals surface area contributed by atoms with Gasteiger partial charge in [-0.05, 0) is 92.7 Å². The summed E-state index contributed by atoms with van der Waals surface area (Å²) in [5.41, 5.74) is 3.02. The zero-order chi connectivity index (χ0) is 40.2. The lowest BCUT2D eigenvalue weighted by atomic mass is 9.55. The largest absolute Gasteiger partial charge is 0.459 e. The summed E-state index contributed by atoms with van der Waals surface area (Å²) in [4.78, 5) is 33.2. The Morgan fingerprint density at radius 2 is 1.84 bits per heavy atom. The summed E-state index contributed by atoms with van der Waals surface area (Å²) in [6.07, 6.45) is 13.4. The molecule has 7 atom stereocenters. The first kappa shape index (κ1) is 42.1. The van der Waals surface area contributed by atoms with Crippen molar-refractivity contribution < 1.29 is 48.3 Å². The zero-order valence-corrected chi connectivity index (χ0v) is 33.1. The van der Waals surface area contributed by atoms with Crippen LogP contribution in [-0.2, 0) is 19.0 Å². The molecule has 57 heavy (non-hydrogen) atoms. The van der Waals surface area contributed by atoms with E-state index in [2.05, 4.69) is 19.2 Å². The van der Waals surface area contributed by atoms with Gasteiger partial charge in [-0.1, -0.05) is 48.4 Å². The maximum Gasteiger partial charge on any atom is 0.409 e. The van der Waals surface area contributed by atoms with Crippen LogP contribution in [0, 0.1) is 17.8 Å². The Morgan fingerprint density at radius 3 is 2.58 bits per heavy atom. The van der Waals surface area contributed by atoms with Gasteiger partial charge in [-0.2, -0.15) is 0 Å². The van der Waals surface area contributed by atoms with E-state index in [1.165, 1.54) is 0 Å². The maximum atomic E-state index is 13.9. The van der Waals surface area contributed by atoms with Gasteiger partial charge in [0.15, 0.2) is 0 Å². The number of aliphatic hydroxyl groups is 2. The van der Waals surface area contributed by atoms with E-state index < -0.39 is 30.1 Å². The normalized spacial score (nSPS) is 26.9. The number of hydrogen-bond donors (Lipinski definition) is 2. The number of nitrogens with zero attached hydrogens (tertiary/aromatic N) is 2. The van der Waals surface area contributed by atoms with Gasteiger partial charge in [-0.25, -0.2) is 4.79 Å². The minimum atomic E-state index is -1.41. The van der Waals surface area contributed by atoms with E-state index in [0.717, 1.165) is 62.4 Å². The topological polar surface area (TPSA) is 146 Å². The highest BCUT2D eigenvalue weighted by molar-refractivity contribution is 6.03. The van der Waals surface area contributed by atoms with Gasteiger partial charge in [-0.3, -0.25) is 4.79 Å². The van der Waals surface area contributed by atoms with Crippen LogP contribution in [0.5, 0.6) is 17.2 Å². The lowest BCUT2D eigenvalue weighted by Crippen LogP contribution is -2.69. The first-order valence-electron chi connectivity index (χ1n) is 20.5. The lowest BCUT2D eigenvalue weighted by Gasteiger charge is -2.59. The van der Waals surface area contributed by atoms with Crippen LogP contribution in [0.25, 0.3) is 0 Å². The van der Waals surface area contributed by atoms with Crippen LogP contribution >= 0.6 is 0 Å². The fourth-order valence-corrected chi connectivity index (χ4v) is 8.95. The van der Waals surface area contributed by atoms with Gasteiger partial charge in [0.2, 0.25) is 12.1 Å². The van der Waals surface area contributed by atoms with E-state index >= 15 is 0 Å². The summed E-state index contributed by atoms with van der Waals surface area (Å²) < 4.78 is 32.1. The molecule has 0 aromatic heterocycles. The molecule has 308 valence electrons. The zero-order valence-electron chi connectivity index (χ0n) is 33.1. The number of benzene rings is 2. The SMILES string of the molecule is C=CCCOC(=O)N(C)[C@H]1CC(=NOC2CCCCO2)C2=C[C@H](CCCCO)[C@@H](CCCCO)[C@@H]3c4cc(Oc5cccc(C=O)c5)ccc4O[C@@]1(OCC=C)[C@H]23. The molecule has 0 spiro atoms. The van der Waals surface area contributed by atoms with Crippen molar-refractivity contribution in [2.45, 2.75) is 94.7 Å². The highest BCUT2D eigenvalue weighted by atomic mass is 16.8. The van der Waals surface area contributed by atoms with Gasteiger partial charge in [-0.15, -0.1) is 13.2 Å². The smallest absolute Gasteiger partial charge is 0.409 e. The minimum absolute atomic E-state index is 0.0411. The number of oxime groups is 1. The Morgan fingerprint density at radius 1 is 1.04 bits per heavy atom. The van der Waals surface area contributed by atoms with Crippen LogP contribution in [-0.4, -0.2) is 91.4 Å². The average Bonchev–Trinajstić information content (AvgIpc) is 3.23. The van der Waals surface area contributed by atoms with Gasteiger partial charge in [0.05, 0.1) is 31.5 Å². The van der Waals surface area contributed by atoms with Gasteiger partial charge < -0.3 is 43.6 Å². The number of allylic oxidation sites excluding steroid dienone is 1. The number of fused-ring (bicyclic) bond motifs is 2. The highest BCUT2D eigenvalue weighted by Crippen LogP contribution is 2.62. The molecule has 2 fully saturated rings. The fourth-order valence-electron chi connectivity index (χ4n) is 8.95. The van der Waals surface area contributed by atoms with Crippen LogP contribution in [0.1, 0.15) is 92.5 Å². The average molecular weight is 787 g/mol. The molecule has 2 heterocycles. The van der Waals surface area contributed by atoms with E-state index in [0.29, 0.717) is 54.4 Å². The third-order valence-corrected chi connectivity index (χ3v) is 11.6. The quantitative estimate of drug-likeness (QED) is 0.0585. The van der Waals surface area contributed by atoms with Crippen LogP contribution in [0.15, 0.2) is 84.6 Å². The lowest BCUT2D eigenvalue weighted by molar-refractivity contribution is -0.254. The maximum absolute atomic E-state index is 13.9. The van der Waals surface area contributed by atoms with Crippen molar-refractivity contribution in [2.75, 3.05) is 40.1 Å². The monoisotopic (exact) mass is 786 g/mol. The van der Waals surface area contributed by atoms with Crippen molar-refractivity contribution in [1.82, 2.24) is 4.90 Å². The van der Waals surface area contributed by atoms with Gasteiger partial charge in [0.1, 0.15) is 29.6 Å². The summed E-state index contributed by atoms with van der Waals surface area (Å²) >= 11 is 0. The van der Waals surface area contributed by atoms with Crippen molar-refractivity contribution in [3.05, 3.63) is 90.6 Å². The third kappa shape index (κ3) is 9.63. The van der Waals surface area contributed by atoms with Gasteiger partial charge in [0.25, 0.3) is 0 Å². The molecule has 12 heteroatoms. The van der Waals surface area contributed by atoms with Gasteiger partial charge >= 0.3 is 6.09 Å². The molecule has 0 radical (unpaired) electrons. The molecule has 2 N–H and O–H groups in total. The van der Waals surface area contributed by atoms with Crippen LogP contribution in [0.4, 0.5) is 4.79 Å². The van der Waals surface area contributed by atoms with Crippen molar-refractivity contribution >= 4 is 18.1 Å². The first-order chi connectivity index (χ1) is 27.9. The Kier molecular flexibility index (Phi) is 15.0. The molecule has 4 aliphatic rings. The fraction of sp³-hybridized carbons (Fsp3) is 0.533. The summed E-state index contributed by atoms with van der Waals surface area (Å²) in [6, 6.07) is 12.0. The number of likely N-dealkylation sites (N-methyl/N-ethyl adjacent to an activating group) is 1. The Hall–Kier alpha value is -4.49. The second kappa shape index (κ2) is 20.3. The number of carbonyl (C=O) groups is 2. The molecule has 2 aromatic carbocycles.